The highest BCUT2D eigenvalue weighted by molar-refractivity contribution is 7.12. The second-order valence-corrected chi connectivity index (χ2v) is 5.19. The van der Waals surface area contributed by atoms with Gasteiger partial charge in [-0.15, -0.1) is 10.2 Å². The van der Waals surface area contributed by atoms with Crippen LogP contribution in [-0.2, 0) is 20.7 Å². The van der Waals surface area contributed by atoms with Gasteiger partial charge in [0.2, 0.25) is 5.78 Å². The van der Waals surface area contributed by atoms with Crippen molar-refractivity contribution in [3.05, 3.63) is 45.9 Å². The lowest BCUT2D eigenvalue weighted by Crippen LogP contribution is -2.19. The molecule has 1 heterocycles. The predicted octanol–water partition coefficient (Wildman–Crippen LogP) is 2.38. The normalized spacial score (nSPS) is 10.7. The molecule has 1 aromatic heterocycles. The van der Waals surface area contributed by atoms with Crippen LogP contribution in [-0.4, -0.2) is 28.6 Å². The van der Waals surface area contributed by atoms with Gasteiger partial charge in [0.15, 0.2) is 0 Å². The van der Waals surface area contributed by atoms with E-state index in [2.05, 4.69) is 14.9 Å². The zero-order valence-electron chi connectivity index (χ0n) is 11.5. The quantitative estimate of drug-likeness (QED) is 0.605. The smallest absolute Gasteiger partial charge is 0.375 e. The van der Waals surface area contributed by atoms with E-state index in [1.165, 1.54) is 11.3 Å². The van der Waals surface area contributed by atoms with Gasteiger partial charge in [-0.05, 0) is 18.6 Å². The summed E-state index contributed by atoms with van der Waals surface area (Å²) < 4.78 is 4.64. The average molecular weight is 302 g/mol. The van der Waals surface area contributed by atoms with Gasteiger partial charge in [-0.3, -0.25) is 4.79 Å². The Morgan fingerprint density at radius 3 is 2.67 bits per heavy atom. The number of rotatable bonds is 6. The number of esters is 1. The van der Waals surface area contributed by atoms with Crippen molar-refractivity contribution in [2.75, 3.05) is 6.61 Å². The number of hydrogen-bond donors (Lipinski definition) is 0. The Morgan fingerprint density at radius 2 is 1.95 bits per heavy atom. The second kappa shape index (κ2) is 7.44. The zero-order chi connectivity index (χ0) is 15.1. The first-order valence-electron chi connectivity index (χ1n) is 6.44. The third-order valence-corrected chi connectivity index (χ3v) is 3.40. The third kappa shape index (κ3) is 4.61. The fourth-order valence-electron chi connectivity index (χ4n) is 1.56. The Morgan fingerprint density at radius 1 is 1.19 bits per heavy atom. The Hall–Kier alpha value is -2.34. The van der Waals surface area contributed by atoms with Gasteiger partial charge in [-0.1, -0.05) is 47.7 Å². The molecule has 0 bridgehead atoms. The summed E-state index contributed by atoms with van der Waals surface area (Å²) in [6.07, 6.45) is 3.67. The molecular weight excluding hydrogens is 288 g/mol. The Balaban J connectivity index is 1.97. The van der Waals surface area contributed by atoms with Crippen LogP contribution < -0.4 is 0 Å². The van der Waals surface area contributed by atoms with Gasteiger partial charge in [0.05, 0.1) is 13.0 Å². The average Bonchev–Trinajstić information content (AvgIpc) is 2.94. The summed E-state index contributed by atoms with van der Waals surface area (Å²) in [5.74, 6) is -1.43. The van der Waals surface area contributed by atoms with E-state index in [4.69, 9.17) is 0 Å². The molecular formula is C15H14N2O3S. The predicted molar refractivity (Wildman–Crippen MR) is 80.6 cm³/mol. The van der Waals surface area contributed by atoms with Gasteiger partial charge < -0.3 is 4.74 Å². The van der Waals surface area contributed by atoms with Crippen LogP contribution in [0.4, 0.5) is 0 Å². The van der Waals surface area contributed by atoms with Gasteiger partial charge in [0, 0.05) is 0 Å². The number of Topliss-reactive ketones (excluding diaryl/α,β-unsaturated/α-hetero) is 1. The van der Waals surface area contributed by atoms with Gasteiger partial charge in [0.1, 0.15) is 10.0 Å². The van der Waals surface area contributed by atoms with Crippen molar-refractivity contribution in [2.24, 2.45) is 0 Å². The van der Waals surface area contributed by atoms with E-state index in [0.717, 1.165) is 5.56 Å². The molecule has 0 saturated carbocycles. The number of aromatic nitrogens is 2. The molecule has 0 fully saturated rings. The fourth-order valence-corrected chi connectivity index (χ4v) is 2.30. The van der Waals surface area contributed by atoms with Crippen LogP contribution >= 0.6 is 11.3 Å². The molecule has 2 rings (SSSR count). The Kier molecular flexibility index (Phi) is 5.34. The summed E-state index contributed by atoms with van der Waals surface area (Å²) >= 11 is 1.28. The molecule has 0 saturated heterocycles. The molecule has 0 N–H and O–H groups in total. The van der Waals surface area contributed by atoms with E-state index >= 15 is 0 Å². The number of carbonyl (C=O) groups excluding carboxylic acids is 2. The van der Waals surface area contributed by atoms with Gasteiger partial charge in [-0.25, -0.2) is 4.79 Å². The molecule has 5 nitrogen and oxygen atoms in total. The molecule has 1 aromatic carbocycles. The number of hydrogen-bond acceptors (Lipinski definition) is 6. The van der Waals surface area contributed by atoms with Crippen molar-refractivity contribution in [3.8, 4) is 0 Å². The maximum atomic E-state index is 11.5. The summed E-state index contributed by atoms with van der Waals surface area (Å²) in [5.41, 5.74) is 1.05. The van der Waals surface area contributed by atoms with E-state index < -0.39 is 11.8 Å². The molecule has 6 heteroatoms. The fraction of sp³-hybridized carbons (Fsp3) is 0.200. The van der Waals surface area contributed by atoms with Crippen LogP contribution in [0.15, 0.2) is 30.3 Å². The van der Waals surface area contributed by atoms with Crippen molar-refractivity contribution in [3.63, 3.8) is 0 Å². The number of ketones is 1. The van der Waals surface area contributed by atoms with Crippen molar-refractivity contribution in [1.29, 1.82) is 0 Å². The zero-order valence-corrected chi connectivity index (χ0v) is 12.3. The van der Waals surface area contributed by atoms with E-state index in [0.29, 0.717) is 10.0 Å². The van der Waals surface area contributed by atoms with Gasteiger partial charge in [0.25, 0.3) is 0 Å². The number of nitrogens with zero attached hydrogens (tertiary/aromatic N) is 2. The van der Waals surface area contributed by atoms with E-state index in [1.807, 2.05) is 42.5 Å². The standard InChI is InChI=1S/C15H14N2O3S/c1-2-20-15(19)12(18)10-14-17-16-13(21-14)9-8-11-6-4-3-5-7-11/h3-9H,2,10H2,1H3. The number of benzene rings is 1. The summed E-state index contributed by atoms with van der Waals surface area (Å²) in [4.78, 5) is 22.8. The van der Waals surface area contributed by atoms with E-state index in [9.17, 15) is 9.59 Å². The first-order valence-corrected chi connectivity index (χ1v) is 7.26. The summed E-state index contributed by atoms with van der Waals surface area (Å²) in [5, 5.41) is 9.05. The third-order valence-electron chi connectivity index (χ3n) is 2.52. The largest absolute Gasteiger partial charge is 0.460 e. The molecule has 0 aliphatic carbocycles. The van der Waals surface area contributed by atoms with Crippen LogP contribution in [0, 0.1) is 0 Å². The maximum absolute atomic E-state index is 11.5. The van der Waals surface area contributed by atoms with Crippen LogP contribution in [0.25, 0.3) is 12.2 Å². The van der Waals surface area contributed by atoms with Crippen LogP contribution in [0.5, 0.6) is 0 Å². The van der Waals surface area contributed by atoms with Gasteiger partial charge >= 0.3 is 5.97 Å². The lowest BCUT2D eigenvalue weighted by atomic mass is 10.2. The SMILES string of the molecule is CCOC(=O)C(=O)Cc1nnc(C=Cc2ccccc2)s1. The molecule has 0 spiro atoms. The van der Waals surface area contributed by atoms with Crippen molar-refractivity contribution in [1.82, 2.24) is 10.2 Å². The van der Waals surface area contributed by atoms with Crippen molar-refractivity contribution >= 4 is 35.2 Å². The monoisotopic (exact) mass is 302 g/mol. The summed E-state index contributed by atoms with van der Waals surface area (Å²) in [7, 11) is 0. The number of ether oxygens (including phenoxy) is 1. The van der Waals surface area contributed by atoms with Crippen molar-refractivity contribution in [2.45, 2.75) is 13.3 Å². The Labute approximate surface area is 126 Å². The molecule has 2 aromatic rings. The highest BCUT2D eigenvalue weighted by Gasteiger charge is 2.17. The molecule has 21 heavy (non-hydrogen) atoms. The van der Waals surface area contributed by atoms with E-state index in [-0.39, 0.29) is 13.0 Å². The highest BCUT2D eigenvalue weighted by Crippen LogP contribution is 2.14. The molecule has 0 aliphatic rings. The number of carbonyl (C=O) groups is 2. The molecule has 108 valence electrons. The molecule has 0 atom stereocenters. The maximum Gasteiger partial charge on any atom is 0.375 e. The van der Waals surface area contributed by atoms with Crippen molar-refractivity contribution < 1.29 is 14.3 Å². The lowest BCUT2D eigenvalue weighted by molar-refractivity contribution is -0.153. The van der Waals surface area contributed by atoms with Crippen LogP contribution in [0.1, 0.15) is 22.5 Å². The second-order valence-electron chi connectivity index (χ2n) is 4.10. The van der Waals surface area contributed by atoms with Gasteiger partial charge in [-0.2, -0.15) is 0 Å². The lowest BCUT2D eigenvalue weighted by Gasteiger charge is -1.97. The molecule has 0 amide bonds. The minimum atomic E-state index is -0.825. The van der Waals surface area contributed by atoms with Crippen LogP contribution in [0.3, 0.4) is 0 Å². The molecule has 0 radical (unpaired) electrons. The van der Waals surface area contributed by atoms with E-state index in [1.54, 1.807) is 6.92 Å². The summed E-state index contributed by atoms with van der Waals surface area (Å²) in [6, 6.07) is 9.79. The first kappa shape index (κ1) is 15.1. The highest BCUT2D eigenvalue weighted by atomic mass is 32.1. The van der Waals surface area contributed by atoms with Crippen LogP contribution in [0.2, 0.25) is 0 Å². The molecule has 0 aliphatic heterocycles. The first-order chi connectivity index (χ1) is 10.2. The Bertz CT molecular complexity index is 650. The summed E-state index contributed by atoms with van der Waals surface area (Å²) in [6.45, 7) is 1.84. The minimum absolute atomic E-state index is 0.0737. The topological polar surface area (TPSA) is 69.2 Å². The molecule has 0 unspecified atom stereocenters. The minimum Gasteiger partial charge on any atom is -0.460 e.